The fourth-order valence-corrected chi connectivity index (χ4v) is 3.22. The van der Waals surface area contributed by atoms with Gasteiger partial charge in [0.25, 0.3) is 0 Å². The van der Waals surface area contributed by atoms with E-state index in [2.05, 4.69) is 55.3 Å². The quantitative estimate of drug-likeness (QED) is 0.764. The molecule has 0 unspecified atom stereocenters. The van der Waals surface area contributed by atoms with Crippen molar-refractivity contribution < 1.29 is 0 Å². The molecule has 0 aromatic heterocycles. The highest BCUT2D eigenvalue weighted by Gasteiger charge is 2.34. The van der Waals surface area contributed by atoms with Gasteiger partial charge >= 0.3 is 0 Å². The molecule has 0 radical (unpaired) electrons. The van der Waals surface area contributed by atoms with Gasteiger partial charge < -0.3 is 10.2 Å². The topological polar surface area (TPSA) is 15.3 Å². The second-order valence-electron chi connectivity index (χ2n) is 6.15. The van der Waals surface area contributed by atoms with Crippen molar-refractivity contribution >= 4 is 5.69 Å². The largest absolute Gasteiger partial charge is 0.372 e. The molecule has 1 aromatic carbocycles. The van der Waals surface area contributed by atoms with E-state index in [1.165, 1.54) is 43.5 Å². The van der Waals surface area contributed by atoms with Gasteiger partial charge in [-0.05, 0) is 56.2 Å². The van der Waals surface area contributed by atoms with Crippen LogP contribution in [0.4, 0.5) is 5.69 Å². The second kappa shape index (κ2) is 7.12. The lowest BCUT2D eigenvalue weighted by atomic mass is 9.67. The van der Waals surface area contributed by atoms with E-state index in [-0.39, 0.29) is 0 Å². The molecule has 0 heterocycles. The van der Waals surface area contributed by atoms with Crippen LogP contribution in [0.5, 0.6) is 0 Å². The van der Waals surface area contributed by atoms with E-state index < -0.39 is 0 Å². The molecule has 0 aliphatic heterocycles. The van der Waals surface area contributed by atoms with Crippen LogP contribution in [0.2, 0.25) is 0 Å². The average Bonchev–Trinajstić information content (AvgIpc) is 2.45. The Morgan fingerprint density at radius 3 is 2.15 bits per heavy atom. The van der Waals surface area contributed by atoms with Crippen molar-refractivity contribution in [1.29, 1.82) is 0 Å². The van der Waals surface area contributed by atoms with E-state index in [0.717, 1.165) is 19.6 Å². The Bertz CT molecular complexity index is 383. The van der Waals surface area contributed by atoms with Crippen molar-refractivity contribution in [2.75, 3.05) is 24.5 Å². The standard InChI is InChI=1S/C18H30N2/c1-4-18(12-7-13-18)15-19-14-16-8-10-17(11-9-16)20(5-2)6-3/h8-11,19H,4-7,12-15H2,1-3H3. The summed E-state index contributed by atoms with van der Waals surface area (Å²) in [6, 6.07) is 9.03. The van der Waals surface area contributed by atoms with Crippen LogP contribution in [0, 0.1) is 5.41 Å². The SMILES string of the molecule is CCN(CC)c1ccc(CNCC2(CC)CCC2)cc1. The van der Waals surface area contributed by atoms with Gasteiger partial charge in [0.05, 0.1) is 0 Å². The lowest BCUT2D eigenvalue weighted by molar-refractivity contribution is 0.124. The van der Waals surface area contributed by atoms with Gasteiger partial charge in [-0.1, -0.05) is 25.5 Å². The molecule has 1 saturated carbocycles. The summed E-state index contributed by atoms with van der Waals surface area (Å²) in [7, 11) is 0. The van der Waals surface area contributed by atoms with Gasteiger partial charge in [-0.15, -0.1) is 0 Å². The van der Waals surface area contributed by atoms with Crippen LogP contribution in [-0.4, -0.2) is 19.6 Å². The number of benzene rings is 1. The summed E-state index contributed by atoms with van der Waals surface area (Å²) < 4.78 is 0. The molecule has 0 spiro atoms. The number of hydrogen-bond acceptors (Lipinski definition) is 2. The summed E-state index contributed by atoms with van der Waals surface area (Å²) in [5.74, 6) is 0. The number of hydrogen-bond donors (Lipinski definition) is 1. The third-order valence-corrected chi connectivity index (χ3v) is 5.06. The third kappa shape index (κ3) is 3.54. The molecule has 2 nitrogen and oxygen atoms in total. The van der Waals surface area contributed by atoms with E-state index in [0.29, 0.717) is 5.41 Å². The molecule has 0 atom stereocenters. The van der Waals surface area contributed by atoms with Crippen molar-refractivity contribution in [3.8, 4) is 0 Å². The monoisotopic (exact) mass is 274 g/mol. The van der Waals surface area contributed by atoms with Crippen molar-refractivity contribution in [1.82, 2.24) is 5.32 Å². The first-order valence-corrected chi connectivity index (χ1v) is 8.27. The minimum absolute atomic E-state index is 0.612. The molecule has 0 saturated heterocycles. The van der Waals surface area contributed by atoms with E-state index in [9.17, 15) is 0 Å². The highest BCUT2D eigenvalue weighted by Crippen LogP contribution is 2.43. The van der Waals surface area contributed by atoms with Crippen LogP contribution in [0.15, 0.2) is 24.3 Å². The van der Waals surface area contributed by atoms with E-state index >= 15 is 0 Å². The summed E-state index contributed by atoms with van der Waals surface area (Å²) >= 11 is 0. The number of anilines is 1. The van der Waals surface area contributed by atoms with E-state index in [1.807, 2.05) is 0 Å². The van der Waals surface area contributed by atoms with Gasteiger partial charge in [0.1, 0.15) is 0 Å². The molecule has 1 N–H and O–H groups in total. The van der Waals surface area contributed by atoms with Crippen molar-refractivity contribution in [2.45, 2.75) is 53.0 Å². The Balaban J connectivity index is 1.81. The molecule has 0 amide bonds. The Labute approximate surface area is 124 Å². The summed E-state index contributed by atoms with van der Waals surface area (Å²) in [6.45, 7) is 11.1. The summed E-state index contributed by atoms with van der Waals surface area (Å²) in [5.41, 5.74) is 3.34. The smallest absolute Gasteiger partial charge is 0.0366 e. The fourth-order valence-electron chi connectivity index (χ4n) is 3.22. The molecule has 1 aliphatic rings. The van der Waals surface area contributed by atoms with Gasteiger partial charge in [0.2, 0.25) is 0 Å². The maximum Gasteiger partial charge on any atom is 0.0366 e. The minimum atomic E-state index is 0.612. The predicted octanol–water partition coefficient (Wildman–Crippen LogP) is 4.20. The first kappa shape index (κ1) is 15.4. The first-order valence-electron chi connectivity index (χ1n) is 8.27. The minimum Gasteiger partial charge on any atom is -0.372 e. The van der Waals surface area contributed by atoms with E-state index in [1.54, 1.807) is 0 Å². The molecular formula is C18H30N2. The Morgan fingerprint density at radius 1 is 1.05 bits per heavy atom. The molecule has 1 aromatic rings. The molecule has 1 aliphatic carbocycles. The highest BCUT2D eigenvalue weighted by molar-refractivity contribution is 5.47. The maximum absolute atomic E-state index is 3.66. The van der Waals surface area contributed by atoms with Gasteiger partial charge in [-0.2, -0.15) is 0 Å². The zero-order valence-corrected chi connectivity index (χ0v) is 13.4. The molecule has 2 rings (SSSR count). The molecule has 20 heavy (non-hydrogen) atoms. The van der Waals surface area contributed by atoms with Crippen LogP contribution in [-0.2, 0) is 6.54 Å². The zero-order chi connectivity index (χ0) is 14.4. The van der Waals surface area contributed by atoms with Crippen LogP contribution in [0.25, 0.3) is 0 Å². The van der Waals surface area contributed by atoms with Crippen molar-refractivity contribution in [2.24, 2.45) is 5.41 Å². The zero-order valence-electron chi connectivity index (χ0n) is 13.4. The van der Waals surface area contributed by atoms with Gasteiger partial charge in [-0.25, -0.2) is 0 Å². The lowest BCUT2D eigenvalue weighted by Crippen LogP contribution is -2.39. The van der Waals surface area contributed by atoms with Gasteiger partial charge in [0.15, 0.2) is 0 Å². The number of rotatable bonds is 8. The molecule has 2 heteroatoms. The van der Waals surface area contributed by atoms with Gasteiger partial charge in [0, 0.05) is 31.9 Å². The molecule has 0 bridgehead atoms. The third-order valence-electron chi connectivity index (χ3n) is 5.06. The highest BCUT2D eigenvalue weighted by atomic mass is 15.1. The van der Waals surface area contributed by atoms with Crippen LogP contribution in [0.1, 0.15) is 52.0 Å². The number of nitrogens with zero attached hydrogens (tertiary/aromatic N) is 1. The number of nitrogens with one attached hydrogen (secondary N) is 1. The Hall–Kier alpha value is -1.02. The van der Waals surface area contributed by atoms with Gasteiger partial charge in [-0.3, -0.25) is 0 Å². The molecular weight excluding hydrogens is 244 g/mol. The first-order chi connectivity index (χ1) is 9.73. The fraction of sp³-hybridized carbons (Fsp3) is 0.667. The summed E-state index contributed by atoms with van der Waals surface area (Å²) in [5, 5.41) is 3.66. The Morgan fingerprint density at radius 2 is 1.70 bits per heavy atom. The molecule has 1 fully saturated rings. The van der Waals surface area contributed by atoms with E-state index in [4.69, 9.17) is 0 Å². The van der Waals surface area contributed by atoms with Crippen molar-refractivity contribution in [3.05, 3.63) is 29.8 Å². The summed E-state index contributed by atoms with van der Waals surface area (Å²) in [4.78, 5) is 2.39. The maximum atomic E-state index is 3.66. The Kier molecular flexibility index (Phi) is 5.47. The van der Waals surface area contributed by atoms with Crippen LogP contribution in [0.3, 0.4) is 0 Å². The van der Waals surface area contributed by atoms with Crippen LogP contribution < -0.4 is 10.2 Å². The molecule has 112 valence electrons. The lowest BCUT2D eigenvalue weighted by Gasteiger charge is -2.41. The average molecular weight is 274 g/mol. The summed E-state index contributed by atoms with van der Waals surface area (Å²) in [6.07, 6.45) is 5.57. The van der Waals surface area contributed by atoms with Crippen molar-refractivity contribution in [3.63, 3.8) is 0 Å². The van der Waals surface area contributed by atoms with Crippen LogP contribution >= 0.6 is 0 Å². The predicted molar refractivity (Wildman–Crippen MR) is 88.3 cm³/mol. The normalized spacial score (nSPS) is 16.8. The second-order valence-corrected chi connectivity index (χ2v) is 6.15.